The van der Waals surface area contributed by atoms with Gasteiger partial charge in [-0.1, -0.05) is 61.7 Å². The van der Waals surface area contributed by atoms with Gasteiger partial charge in [0.2, 0.25) is 5.91 Å². The van der Waals surface area contributed by atoms with Gasteiger partial charge < -0.3 is 14.7 Å². The summed E-state index contributed by atoms with van der Waals surface area (Å²) in [6.45, 7) is 0.410. The van der Waals surface area contributed by atoms with E-state index in [0.717, 1.165) is 59.7 Å². The average Bonchev–Trinajstić information content (AvgIpc) is 2.95. The van der Waals surface area contributed by atoms with Gasteiger partial charge in [0.15, 0.2) is 0 Å². The third kappa shape index (κ3) is 6.45. The first-order valence-electron chi connectivity index (χ1n) is 12.5. The Bertz CT molecular complexity index is 1330. The Morgan fingerprint density at radius 3 is 2.43 bits per heavy atom. The second-order valence-corrected chi connectivity index (χ2v) is 9.25. The van der Waals surface area contributed by atoms with Crippen molar-refractivity contribution >= 4 is 23.6 Å². The molecular formula is C31H30N2O4. The lowest BCUT2D eigenvalue weighted by Gasteiger charge is -2.30. The zero-order valence-corrected chi connectivity index (χ0v) is 20.9. The van der Waals surface area contributed by atoms with Gasteiger partial charge in [-0.25, -0.2) is 4.79 Å². The number of benzene rings is 3. The first kappa shape index (κ1) is 25.7. The number of hydrogen-bond acceptors (Lipinski definition) is 4. The van der Waals surface area contributed by atoms with Crippen LogP contribution in [0.15, 0.2) is 72.8 Å². The Balaban J connectivity index is 1.61. The number of carboxylic acids is 1. The van der Waals surface area contributed by atoms with Crippen LogP contribution in [-0.2, 0) is 16.1 Å². The number of aliphatic carboxylic acids is 1. The van der Waals surface area contributed by atoms with E-state index in [1.165, 1.54) is 12.5 Å². The number of methoxy groups -OCH3 is 1. The van der Waals surface area contributed by atoms with Crippen molar-refractivity contribution in [2.75, 3.05) is 12.0 Å². The van der Waals surface area contributed by atoms with Crippen molar-refractivity contribution in [3.8, 4) is 22.9 Å². The molecule has 1 fully saturated rings. The van der Waals surface area contributed by atoms with Gasteiger partial charge in [0.1, 0.15) is 11.8 Å². The van der Waals surface area contributed by atoms with E-state index in [2.05, 4.69) is 6.07 Å². The monoisotopic (exact) mass is 494 g/mol. The smallest absolute Gasteiger partial charge is 0.328 e. The number of nitriles is 1. The summed E-state index contributed by atoms with van der Waals surface area (Å²) in [6.07, 6.45) is 7.72. The van der Waals surface area contributed by atoms with Crippen LogP contribution in [0.5, 0.6) is 5.75 Å². The quantitative estimate of drug-likeness (QED) is 0.364. The lowest BCUT2D eigenvalue weighted by atomic mass is 9.88. The topological polar surface area (TPSA) is 90.6 Å². The van der Waals surface area contributed by atoms with E-state index < -0.39 is 5.97 Å². The molecule has 1 aliphatic rings. The van der Waals surface area contributed by atoms with Gasteiger partial charge in [-0.2, -0.15) is 5.26 Å². The third-order valence-electron chi connectivity index (χ3n) is 6.77. The molecule has 0 atom stereocenters. The number of carboxylic acid groups (broad SMARTS) is 1. The highest BCUT2D eigenvalue weighted by atomic mass is 16.5. The molecule has 1 amide bonds. The van der Waals surface area contributed by atoms with Crippen LogP contribution in [0.4, 0.5) is 5.69 Å². The van der Waals surface area contributed by atoms with Crippen molar-refractivity contribution in [1.29, 1.82) is 5.26 Å². The summed E-state index contributed by atoms with van der Waals surface area (Å²) < 4.78 is 5.25. The molecule has 1 aliphatic carbocycles. The van der Waals surface area contributed by atoms with Crippen LogP contribution < -0.4 is 9.64 Å². The lowest BCUT2D eigenvalue weighted by molar-refractivity contribution is -0.131. The van der Waals surface area contributed by atoms with Crippen LogP contribution in [0.25, 0.3) is 17.2 Å². The molecule has 37 heavy (non-hydrogen) atoms. The van der Waals surface area contributed by atoms with Gasteiger partial charge in [-0.15, -0.1) is 0 Å². The maximum Gasteiger partial charge on any atom is 0.328 e. The maximum atomic E-state index is 13.7. The van der Waals surface area contributed by atoms with Gasteiger partial charge >= 0.3 is 5.97 Å². The van der Waals surface area contributed by atoms with Crippen LogP contribution in [0, 0.1) is 17.2 Å². The first-order chi connectivity index (χ1) is 18.0. The highest BCUT2D eigenvalue weighted by Crippen LogP contribution is 2.30. The van der Waals surface area contributed by atoms with Crippen molar-refractivity contribution in [1.82, 2.24) is 0 Å². The van der Waals surface area contributed by atoms with E-state index in [-0.39, 0.29) is 11.8 Å². The number of carbonyl (C=O) groups excluding carboxylic acids is 1. The molecule has 0 aliphatic heterocycles. The Labute approximate surface area is 217 Å². The minimum Gasteiger partial charge on any atom is -0.495 e. The number of amides is 1. The average molecular weight is 495 g/mol. The van der Waals surface area contributed by atoms with E-state index in [4.69, 9.17) is 9.84 Å². The van der Waals surface area contributed by atoms with Crippen LogP contribution in [0.3, 0.4) is 0 Å². The fourth-order valence-electron chi connectivity index (χ4n) is 4.79. The predicted octanol–water partition coefficient (Wildman–Crippen LogP) is 6.45. The van der Waals surface area contributed by atoms with Crippen molar-refractivity contribution < 1.29 is 19.4 Å². The van der Waals surface area contributed by atoms with Crippen molar-refractivity contribution in [3.05, 3.63) is 89.5 Å². The molecule has 4 rings (SSSR count). The molecule has 1 N–H and O–H groups in total. The molecule has 0 bridgehead atoms. The Morgan fingerprint density at radius 1 is 1.03 bits per heavy atom. The van der Waals surface area contributed by atoms with Crippen molar-refractivity contribution in [3.63, 3.8) is 0 Å². The van der Waals surface area contributed by atoms with Gasteiger partial charge in [-0.3, -0.25) is 4.79 Å². The van der Waals surface area contributed by atoms with Gasteiger partial charge in [0.05, 0.1) is 19.2 Å². The van der Waals surface area contributed by atoms with Crippen molar-refractivity contribution in [2.45, 2.75) is 38.6 Å². The first-order valence-corrected chi connectivity index (χ1v) is 12.5. The fourth-order valence-corrected chi connectivity index (χ4v) is 4.79. The largest absolute Gasteiger partial charge is 0.495 e. The van der Waals surface area contributed by atoms with Gasteiger partial charge in [-0.05, 0) is 65.4 Å². The van der Waals surface area contributed by atoms with E-state index in [1.54, 1.807) is 13.2 Å². The Hall–Kier alpha value is -4.37. The lowest BCUT2D eigenvalue weighted by Crippen LogP contribution is -2.36. The highest BCUT2D eigenvalue weighted by molar-refractivity contribution is 5.95. The zero-order valence-electron chi connectivity index (χ0n) is 20.9. The Kier molecular flexibility index (Phi) is 8.37. The molecule has 188 valence electrons. The van der Waals surface area contributed by atoms with Gasteiger partial charge in [0.25, 0.3) is 0 Å². The van der Waals surface area contributed by atoms with Crippen LogP contribution in [0.2, 0.25) is 0 Å². The molecule has 0 aromatic heterocycles. The summed E-state index contributed by atoms with van der Waals surface area (Å²) in [5.41, 5.74) is 4.81. The molecule has 1 saturated carbocycles. The van der Waals surface area contributed by atoms with E-state index in [9.17, 15) is 14.9 Å². The molecule has 6 heteroatoms. The normalized spacial score (nSPS) is 13.7. The molecule has 6 nitrogen and oxygen atoms in total. The molecule has 3 aromatic carbocycles. The summed E-state index contributed by atoms with van der Waals surface area (Å²) >= 11 is 0. The maximum absolute atomic E-state index is 13.7. The van der Waals surface area contributed by atoms with E-state index in [1.807, 2.05) is 65.6 Å². The number of ether oxygens (including phenoxy) is 1. The highest BCUT2D eigenvalue weighted by Gasteiger charge is 2.27. The van der Waals surface area contributed by atoms with Gasteiger partial charge in [0, 0.05) is 17.7 Å². The Morgan fingerprint density at radius 2 is 1.76 bits per heavy atom. The molecular weight excluding hydrogens is 464 g/mol. The van der Waals surface area contributed by atoms with Crippen LogP contribution in [-0.4, -0.2) is 24.1 Å². The number of rotatable bonds is 8. The molecule has 0 unspecified atom stereocenters. The number of nitrogens with zero attached hydrogens (tertiary/aromatic N) is 2. The summed E-state index contributed by atoms with van der Waals surface area (Å²) in [7, 11) is 1.54. The number of carbonyl (C=O) groups is 2. The molecule has 3 aromatic rings. The fraction of sp³-hybridized carbons (Fsp3) is 0.258. The second kappa shape index (κ2) is 12.0. The zero-order chi connectivity index (χ0) is 26.2. The second-order valence-electron chi connectivity index (χ2n) is 9.25. The summed E-state index contributed by atoms with van der Waals surface area (Å²) in [5.74, 6) is -0.369. The summed E-state index contributed by atoms with van der Waals surface area (Å²) in [6, 6.07) is 23.1. The van der Waals surface area contributed by atoms with Crippen molar-refractivity contribution in [2.24, 2.45) is 5.92 Å². The van der Waals surface area contributed by atoms with Crippen LogP contribution in [0.1, 0.15) is 48.8 Å². The minimum atomic E-state index is -1.01. The SMILES string of the molecule is COc1ccc(-c2ccc(CN(C(=O)C3CCCCC3)c3cccc(C=CC(=O)O)c3)cc2)cc1C#N. The molecule has 0 saturated heterocycles. The number of anilines is 1. The van der Waals surface area contributed by atoms with E-state index in [0.29, 0.717) is 17.9 Å². The molecule has 0 spiro atoms. The van der Waals surface area contributed by atoms with E-state index >= 15 is 0 Å². The predicted molar refractivity (Wildman–Crippen MR) is 144 cm³/mol. The van der Waals surface area contributed by atoms with Crippen LogP contribution >= 0.6 is 0 Å². The standard InChI is InChI=1S/C31H30N2O4/c1-37-29-16-15-26(19-27(29)20-32)24-13-10-23(11-14-24)21-33(31(36)25-7-3-2-4-8-25)28-9-5-6-22(18-28)12-17-30(34)35/h5-6,9-19,25H,2-4,7-8,21H2,1H3,(H,34,35). The summed E-state index contributed by atoms with van der Waals surface area (Å²) in [5, 5.41) is 18.4. The summed E-state index contributed by atoms with van der Waals surface area (Å²) in [4.78, 5) is 26.5. The minimum absolute atomic E-state index is 0.00468. The molecule has 0 heterocycles. The third-order valence-corrected chi connectivity index (χ3v) is 6.77. The molecule has 0 radical (unpaired) electrons. The number of hydrogen-bond donors (Lipinski definition) is 1.